The molecular formula is C16H19NO5. The van der Waals surface area contributed by atoms with Crippen LogP contribution in [0.5, 0.6) is 0 Å². The summed E-state index contributed by atoms with van der Waals surface area (Å²) in [4.78, 5) is 38.4. The Morgan fingerprint density at radius 3 is 2.23 bits per heavy atom. The van der Waals surface area contributed by atoms with Crippen LogP contribution in [0.15, 0.2) is 24.3 Å². The number of carbonyl (C=O) groups is 3. The van der Waals surface area contributed by atoms with Crippen LogP contribution in [-0.2, 0) is 23.9 Å². The van der Waals surface area contributed by atoms with Gasteiger partial charge >= 0.3 is 11.9 Å². The standard InChI is InChI=1S/C16H19NO5/c1-4-21-15(19)13(16(20)22-5-2)12-10-8-6-7-9-11(10)17(3)14(12)18/h6-9,12-13H,4-5H2,1-3H3/t12-/m1/s1. The zero-order valence-electron chi connectivity index (χ0n) is 12.9. The Bertz CT molecular complexity index is 580. The minimum absolute atomic E-state index is 0.132. The van der Waals surface area contributed by atoms with Gasteiger partial charge in [-0.1, -0.05) is 18.2 Å². The maximum Gasteiger partial charge on any atom is 0.321 e. The molecule has 0 fully saturated rings. The summed E-state index contributed by atoms with van der Waals surface area (Å²) >= 11 is 0. The van der Waals surface area contributed by atoms with Gasteiger partial charge in [-0.3, -0.25) is 14.4 Å². The van der Waals surface area contributed by atoms with Gasteiger partial charge in [-0.15, -0.1) is 0 Å². The van der Waals surface area contributed by atoms with Crippen LogP contribution in [-0.4, -0.2) is 38.1 Å². The number of para-hydroxylation sites is 1. The van der Waals surface area contributed by atoms with E-state index in [0.717, 1.165) is 0 Å². The summed E-state index contributed by atoms with van der Waals surface area (Å²) < 4.78 is 9.94. The summed E-state index contributed by atoms with van der Waals surface area (Å²) in [6, 6.07) is 7.09. The van der Waals surface area contributed by atoms with Gasteiger partial charge in [-0.05, 0) is 25.5 Å². The Balaban J connectivity index is 2.45. The lowest BCUT2D eigenvalue weighted by Gasteiger charge is -2.19. The van der Waals surface area contributed by atoms with Crippen LogP contribution in [0.1, 0.15) is 25.3 Å². The second kappa shape index (κ2) is 6.60. The molecule has 1 atom stereocenters. The molecule has 1 aliphatic heterocycles. The minimum Gasteiger partial charge on any atom is -0.465 e. The number of likely N-dealkylation sites (N-methyl/N-ethyl adjacent to an activating group) is 1. The molecule has 22 heavy (non-hydrogen) atoms. The first kappa shape index (κ1) is 16.0. The summed E-state index contributed by atoms with van der Waals surface area (Å²) in [5.74, 6) is -3.96. The molecule has 0 saturated heterocycles. The number of carbonyl (C=O) groups excluding carboxylic acids is 3. The van der Waals surface area contributed by atoms with E-state index < -0.39 is 23.8 Å². The molecule has 1 amide bonds. The van der Waals surface area contributed by atoms with Crippen molar-refractivity contribution >= 4 is 23.5 Å². The summed E-state index contributed by atoms with van der Waals surface area (Å²) in [5, 5.41) is 0. The van der Waals surface area contributed by atoms with Gasteiger partial charge in [-0.25, -0.2) is 0 Å². The van der Waals surface area contributed by atoms with Crippen molar-refractivity contribution in [3.05, 3.63) is 29.8 Å². The largest absolute Gasteiger partial charge is 0.465 e. The van der Waals surface area contributed by atoms with Crippen molar-refractivity contribution in [1.82, 2.24) is 0 Å². The van der Waals surface area contributed by atoms with Gasteiger partial charge < -0.3 is 14.4 Å². The zero-order valence-corrected chi connectivity index (χ0v) is 12.9. The van der Waals surface area contributed by atoms with Crippen LogP contribution in [0.25, 0.3) is 0 Å². The highest BCUT2D eigenvalue weighted by Crippen LogP contribution is 2.41. The highest BCUT2D eigenvalue weighted by atomic mass is 16.6. The lowest BCUT2D eigenvalue weighted by molar-refractivity contribution is -0.164. The lowest BCUT2D eigenvalue weighted by atomic mass is 9.87. The molecule has 6 nitrogen and oxygen atoms in total. The smallest absolute Gasteiger partial charge is 0.321 e. The number of benzene rings is 1. The fourth-order valence-electron chi connectivity index (χ4n) is 2.67. The molecule has 0 N–H and O–H groups in total. The first-order valence-electron chi connectivity index (χ1n) is 7.22. The van der Waals surface area contributed by atoms with Crippen molar-refractivity contribution in [3.63, 3.8) is 0 Å². The van der Waals surface area contributed by atoms with Crippen molar-refractivity contribution in [2.24, 2.45) is 5.92 Å². The third-order valence-electron chi connectivity index (χ3n) is 3.64. The maximum atomic E-state index is 12.5. The molecule has 2 rings (SSSR count). The number of esters is 2. The molecule has 1 heterocycles. The van der Waals surface area contributed by atoms with Gasteiger partial charge in [0.05, 0.1) is 19.1 Å². The van der Waals surface area contributed by atoms with Gasteiger partial charge in [0.2, 0.25) is 5.91 Å². The van der Waals surface area contributed by atoms with Crippen molar-refractivity contribution < 1.29 is 23.9 Å². The Hall–Kier alpha value is -2.37. The predicted octanol–water partition coefficient (Wildman–Crippen LogP) is 1.49. The lowest BCUT2D eigenvalue weighted by Crippen LogP contribution is -2.38. The molecule has 0 saturated carbocycles. The monoisotopic (exact) mass is 305 g/mol. The van der Waals surface area contributed by atoms with E-state index in [0.29, 0.717) is 11.3 Å². The predicted molar refractivity (Wildman–Crippen MR) is 79.3 cm³/mol. The third-order valence-corrected chi connectivity index (χ3v) is 3.64. The Morgan fingerprint density at radius 2 is 1.68 bits per heavy atom. The van der Waals surface area contributed by atoms with E-state index in [9.17, 15) is 14.4 Å². The molecular weight excluding hydrogens is 286 g/mol. The normalized spacial score (nSPS) is 16.6. The molecule has 6 heteroatoms. The van der Waals surface area contributed by atoms with E-state index in [2.05, 4.69) is 0 Å². The van der Waals surface area contributed by atoms with E-state index >= 15 is 0 Å². The molecule has 0 radical (unpaired) electrons. The highest BCUT2D eigenvalue weighted by Gasteiger charge is 2.48. The fourth-order valence-corrected chi connectivity index (χ4v) is 2.67. The van der Waals surface area contributed by atoms with Crippen LogP contribution >= 0.6 is 0 Å². The molecule has 118 valence electrons. The quantitative estimate of drug-likeness (QED) is 0.609. The van der Waals surface area contributed by atoms with Gasteiger partial charge in [0.1, 0.15) is 0 Å². The van der Waals surface area contributed by atoms with E-state index in [1.54, 1.807) is 45.2 Å². The number of anilines is 1. The van der Waals surface area contributed by atoms with Crippen LogP contribution in [0.2, 0.25) is 0 Å². The first-order valence-corrected chi connectivity index (χ1v) is 7.22. The van der Waals surface area contributed by atoms with Crippen LogP contribution < -0.4 is 4.90 Å². The van der Waals surface area contributed by atoms with E-state index in [1.807, 2.05) is 0 Å². The summed E-state index contributed by atoms with van der Waals surface area (Å²) in [6.07, 6.45) is 0. The van der Waals surface area contributed by atoms with E-state index in [1.165, 1.54) is 4.90 Å². The van der Waals surface area contributed by atoms with Crippen molar-refractivity contribution in [3.8, 4) is 0 Å². The fraction of sp³-hybridized carbons (Fsp3) is 0.438. The Labute approximate surface area is 129 Å². The van der Waals surface area contributed by atoms with Crippen LogP contribution in [0, 0.1) is 5.92 Å². The van der Waals surface area contributed by atoms with Gasteiger partial charge in [-0.2, -0.15) is 0 Å². The second-order valence-electron chi connectivity index (χ2n) is 4.92. The topological polar surface area (TPSA) is 72.9 Å². The molecule has 1 aliphatic rings. The molecule has 0 aromatic heterocycles. The molecule has 0 aliphatic carbocycles. The first-order chi connectivity index (χ1) is 10.5. The number of amides is 1. The highest BCUT2D eigenvalue weighted by molar-refractivity contribution is 6.11. The molecule has 1 aromatic rings. The van der Waals surface area contributed by atoms with Crippen molar-refractivity contribution in [2.75, 3.05) is 25.2 Å². The van der Waals surface area contributed by atoms with E-state index in [-0.39, 0.29) is 19.1 Å². The summed E-state index contributed by atoms with van der Waals surface area (Å²) in [5.41, 5.74) is 1.33. The maximum absolute atomic E-state index is 12.5. The number of fused-ring (bicyclic) bond motifs is 1. The molecule has 0 bridgehead atoms. The molecule has 0 spiro atoms. The van der Waals surface area contributed by atoms with Gasteiger partial charge in [0.25, 0.3) is 0 Å². The van der Waals surface area contributed by atoms with E-state index in [4.69, 9.17) is 9.47 Å². The Kier molecular flexibility index (Phi) is 4.80. The molecule has 1 aromatic carbocycles. The van der Waals surface area contributed by atoms with Crippen molar-refractivity contribution in [1.29, 1.82) is 0 Å². The van der Waals surface area contributed by atoms with Gasteiger partial charge in [0.15, 0.2) is 5.92 Å². The molecule has 0 unspecified atom stereocenters. The average Bonchev–Trinajstić information content (AvgIpc) is 2.74. The van der Waals surface area contributed by atoms with Gasteiger partial charge in [0, 0.05) is 12.7 Å². The number of rotatable bonds is 5. The number of hydrogen-bond acceptors (Lipinski definition) is 5. The average molecular weight is 305 g/mol. The minimum atomic E-state index is -1.28. The number of nitrogens with zero attached hydrogens (tertiary/aromatic N) is 1. The number of ether oxygens (including phenoxy) is 2. The number of hydrogen-bond donors (Lipinski definition) is 0. The summed E-state index contributed by atoms with van der Waals surface area (Å²) in [7, 11) is 1.62. The second-order valence-corrected chi connectivity index (χ2v) is 4.92. The SMILES string of the molecule is CCOC(=O)C(C(=O)OCC)[C@@H]1C(=O)N(C)c2ccccc21. The summed E-state index contributed by atoms with van der Waals surface area (Å²) in [6.45, 7) is 3.56. The van der Waals surface area contributed by atoms with Crippen molar-refractivity contribution in [2.45, 2.75) is 19.8 Å². The zero-order chi connectivity index (χ0) is 16.3. The third kappa shape index (κ3) is 2.68. The Morgan fingerprint density at radius 1 is 1.14 bits per heavy atom. The van der Waals surface area contributed by atoms with Crippen LogP contribution in [0.3, 0.4) is 0 Å². The van der Waals surface area contributed by atoms with Crippen LogP contribution in [0.4, 0.5) is 5.69 Å².